The largest absolute Gasteiger partial charge is 0.366 e. The lowest BCUT2D eigenvalue weighted by Crippen LogP contribution is -2.48. The number of aromatic nitrogens is 2. The number of anilines is 3. The highest BCUT2D eigenvalue weighted by Gasteiger charge is 2.31. The Morgan fingerprint density at radius 1 is 1.19 bits per heavy atom. The zero-order valence-corrected chi connectivity index (χ0v) is 18.2. The lowest BCUT2D eigenvalue weighted by Gasteiger charge is -2.37. The van der Waals surface area contributed by atoms with Crippen LogP contribution >= 0.6 is 0 Å². The van der Waals surface area contributed by atoms with E-state index in [0.29, 0.717) is 11.6 Å². The predicted octanol–water partition coefficient (Wildman–Crippen LogP) is 3.21. The molecular formula is C23H30N6O2. The monoisotopic (exact) mass is 422 g/mol. The van der Waals surface area contributed by atoms with Gasteiger partial charge < -0.3 is 21.7 Å². The average molecular weight is 423 g/mol. The second kappa shape index (κ2) is 9.59. The van der Waals surface area contributed by atoms with Gasteiger partial charge in [-0.1, -0.05) is 19.6 Å². The third-order valence-electron chi connectivity index (χ3n) is 5.92. The molecule has 8 nitrogen and oxygen atoms in total. The van der Waals surface area contributed by atoms with Crippen LogP contribution in [-0.4, -0.2) is 33.9 Å². The number of hydrogen-bond acceptors (Lipinski definition) is 6. The van der Waals surface area contributed by atoms with Gasteiger partial charge in [-0.25, -0.2) is 9.97 Å². The first-order valence-electron chi connectivity index (χ1n) is 10.5. The van der Waals surface area contributed by atoms with Gasteiger partial charge in [-0.3, -0.25) is 9.59 Å². The van der Waals surface area contributed by atoms with Crippen LogP contribution in [0, 0.1) is 19.8 Å². The third kappa shape index (κ3) is 5.39. The Morgan fingerprint density at radius 2 is 1.94 bits per heavy atom. The van der Waals surface area contributed by atoms with Crippen molar-refractivity contribution in [2.45, 2.75) is 52.1 Å². The van der Waals surface area contributed by atoms with Gasteiger partial charge in [-0.2, -0.15) is 0 Å². The molecule has 0 radical (unpaired) electrons. The number of carbonyl (C=O) groups excluding carboxylic acids is 2. The van der Waals surface area contributed by atoms with E-state index < -0.39 is 5.91 Å². The number of rotatable bonds is 7. The van der Waals surface area contributed by atoms with E-state index in [9.17, 15) is 9.59 Å². The van der Waals surface area contributed by atoms with E-state index >= 15 is 0 Å². The summed E-state index contributed by atoms with van der Waals surface area (Å²) >= 11 is 0. The smallest absolute Gasteiger partial charge is 0.271 e. The van der Waals surface area contributed by atoms with Gasteiger partial charge in [0.05, 0.1) is 6.20 Å². The van der Waals surface area contributed by atoms with Crippen LogP contribution in [-0.2, 0) is 4.79 Å². The van der Waals surface area contributed by atoms with E-state index in [2.05, 4.69) is 39.4 Å². The number of aryl methyl sites for hydroxylation is 2. The van der Waals surface area contributed by atoms with Crippen molar-refractivity contribution in [3.8, 4) is 0 Å². The Balaban J connectivity index is 1.81. The zero-order chi connectivity index (χ0) is 22.5. The molecule has 1 aliphatic rings. The van der Waals surface area contributed by atoms with Crippen molar-refractivity contribution >= 4 is 29.1 Å². The minimum Gasteiger partial charge on any atom is -0.366 e. The van der Waals surface area contributed by atoms with Crippen LogP contribution in [0.3, 0.4) is 0 Å². The van der Waals surface area contributed by atoms with Crippen molar-refractivity contribution in [2.24, 2.45) is 11.7 Å². The summed E-state index contributed by atoms with van der Waals surface area (Å²) in [6, 6.07) is 6.07. The Kier molecular flexibility index (Phi) is 6.89. The van der Waals surface area contributed by atoms with Crippen LogP contribution in [0.1, 0.15) is 47.8 Å². The van der Waals surface area contributed by atoms with Gasteiger partial charge >= 0.3 is 0 Å². The number of primary amides is 1. The minimum atomic E-state index is -0.649. The number of nitrogens with two attached hydrogens (primary N) is 1. The first-order chi connectivity index (χ1) is 14.8. The fraction of sp³-hybridized carbons (Fsp3) is 0.391. The van der Waals surface area contributed by atoms with Crippen molar-refractivity contribution in [3.63, 3.8) is 0 Å². The lowest BCUT2D eigenvalue weighted by molar-refractivity contribution is -0.117. The van der Waals surface area contributed by atoms with Gasteiger partial charge in [0.1, 0.15) is 5.82 Å². The van der Waals surface area contributed by atoms with E-state index in [1.807, 2.05) is 32.0 Å². The zero-order valence-electron chi connectivity index (χ0n) is 18.2. The number of nitrogens with one attached hydrogen (secondary N) is 3. The lowest BCUT2D eigenvalue weighted by atomic mass is 9.81. The highest BCUT2D eigenvalue weighted by molar-refractivity contribution is 5.96. The summed E-state index contributed by atoms with van der Waals surface area (Å²) in [5.74, 6) is 0.225. The highest BCUT2D eigenvalue weighted by atomic mass is 16.2. The molecule has 1 aromatic heterocycles. The maximum atomic E-state index is 11.9. The standard InChI is InChI=1S/C23H30N6O2/c1-5-20(30)28-18-8-6-7-17(15(18)4)27-19-12-25-21(22(24)31)23(29-19)26-16-10-9-13(2)14(3)11-16/h5,9-12,15,17-18H,1,6-8H2,2-4H3,(H2,24,31)(H,28,30)(H2,26,27,29)/t15-,17-,18?/m1/s1. The second-order valence-corrected chi connectivity index (χ2v) is 8.10. The molecule has 0 saturated heterocycles. The summed E-state index contributed by atoms with van der Waals surface area (Å²) in [6.45, 7) is 9.68. The highest BCUT2D eigenvalue weighted by Crippen LogP contribution is 2.28. The summed E-state index contributed by atoms with van der Waals surface area (Å²) in [6.07, 6.45) is 5.66. The number of benzene rings is 1. The Labute approximate surface area is 182 Å². The maximum absolute atomic E-state index is 11.9. The van der Waals surface area contributed by atoms with Crippen LogP contribution in [0.25, 0.3) is 0 Å². The van der Waals surface area contributed by atoms with E-state index in [1.54, 1.807) is 0 Å². The van der Waals surface area contributed by atoms with Crippen LogP contribution in [0.2, 0.25) is 0 Å². The Bertz CT molecular complexity index is 990. The van der Waals surface area contributed by atoms with Gasteiger partial charge in [0.15, 0.2) is 11.5 Å². The molecule has 1 heterocycles. The molecule has 3 atom stereocenters. The van der Waals surface area contributed by atoms with E-state index in [0.717, 1.165) is 30.5 Å². The SMILES string of the molecule is C=CC(=O)NC1CCC[C@@H](Nc2cnc(C(N)=O)c(Nc3ccc(C)c(C)c3)n2)[C@H]1C. The summed E-state index contributed by atoms with van der Waals surface area (Å²) in [7, 11) is 0. The molecule has 1 fully saturated rings. The fourth-order valence-corrected chi connectivity index (χ4v) is 3.88. The molecule has 0 aliphatic heterocycles. The minimum absolute atomic E-state index is 0.0581. The van der Waals surface area contributed by atoms with E-state index in [1.165, 1.54) is 17.8 Å². The van der Waals surface area contributed by atoms with Crippen LogP contribution in [0.4, 0.5) is 17.3 Å². The van der Waals surface area contributed by atoms with Crippen molar-refractivity contribution in [1.29, 1.82) is 0 Å². The second-order valence-electron chi connectivity index (χ2n) is 8.10. The molecule has 2 amide bonds. The molecule has 164 valence electrons. The van der Waals surface area contributed by atoms with Gasteiger partial charge in [0.2, 0.25) is 5.91 Å². The molecule has 1 unspecified atom stereocenters. The number of amides is 2. The van der Waals surface area contributed by atoms with Crippen molar-refractivity contribution in [3.05, 3.63) is 53.9 Å². The Hall–Kier alpha value is -3.42. The molecular weight excluding hydrogens is 392 g/mol. The molecule has 8 heteroatoms. The molecule has 3 rings (SSSR count). The summed E-state index contributed by atoms with van der Waals surface area (Å²) in [5, 5.41) is 9.60. The van der Waals surface area contributed by atoms with Crippen LogP contribution < -0.4 is 21.7 Å². The van der Waals surface area contributed by atoms with E-state index in [4.69, 9.17) is 5.73 Å². The summed E-state index contributed by atoms with van der Waals surface area (Å²) in [4.78, 5) is 32.4. The van der Waals surface area contributed by atoms with E-state index in [-0.39, 0.29) is 29.6 Å². The summed E-state index contributed by atoms with van der Waals surface area (Å²) < 4.78 is 0. The van der Waals surface area contributed by atoms with Crippen LogP contribution in [0.15, 0.2) is 37.1 Å². The van der Waals surface area contributed by atoms with Gasteiger partial charge in [0, 0.05) is 17.8 Å². The van der Waals surface area contributed by atoms with Gasteiger partial charge in [-0.15, -0.1) is 0 Å². The predicted molar refractivity (Wildman–Crippen MR) is 122 cm³/mol. The molecule has 0 spiro atoms. The molecule has 1 saturated carbocycles. The Morgan fingerprint density at radius 3 is 2.61 bits per heavy atom. The molecule has 1 aliphatic carbocycles. The molecule has 0 bridgehead atoms. The number of carbonyl (C=O) groups is 2. The molecule has 2 aromatic rings. The molecule has 31 heavy (non-hydrogen) atoms. The average Bonchev–Trinajstić information content (AvgIpc) is 2.73. The number of nitrogens with zero attached hydrogens (tertiary/aromatic N) is 2. The van der Waals surface area contributed by atoms with Crippen molar-refractivity contribution < 1.29 is 9.59 Å². The first kappa shape index (κ1) is 22.3. The van der Waals surface area contributed by atoms with Gasteiger partial charge in [0.25, 0.3) is 5.91 Å². The topological polar surface area (TPSA) is 122 Å². The van der Waals surface area contributed by atoms with Gasteiger partial charge in [-0.05, 0) is 68.4 Å². The normalized spacial score (nSPS) is 20.5. The van der Waals surface area contributed by atoms with Crippen molar-refractivity contribution in [1.82, 2.24) is 15.3 Å². The number of hydrogen-bond donors (Lipinski definition) is 4. The third-order valence-corrected chi connectivity index (χ3v) is 5.92. The first-order valence-corrected chi connectivity index (χ1v) is 10.5. The maximum Gasteiger partial charge on any atom is 0.271 e. The quantitative estimate of drug-likeness (QED) is 0.508. The summed E-state index contributed by atoms with van der Waals surface area (Å²) in [5.41, 5.74) is 8.68. The van der Waals surface area contributed by atoms with Crippen LogP contribution in [0.5, 0.6) is 0 Å². The fourth-order valence-electron chi connectivity index (χ4n) is 3.88. The molecule has 1 aromatic carbocycles. The van der Waals surface area contributed by atoms with Crippen molar-refractivity contribution in [2.75, 3.05) is 10.6 Å². The molecule has 5 N–H and O–H groups in total.